The molecule has 0 aliphatic heterocycles. The Hall–Kier alpha value is -2.80. The fourth-order valence-corrected chi connectivity index (χ4v) is 1.40. The molecule has 0 aliphatic carbocycles. The quantitative estimate of drug-likeness (QED) is 0.194. The van der Waals surface area contributed by atoms with Gasteiger partial charge in [-0.2, -0.15) is 0 Å². The number of azide groups is 1. The number of carboxylic acid groups (broad SMARTS) is 1. The summed E-state index contributed by atoms with van der Waals surface area (Å²) in [6.07, 6.45) is 0.336. The lowest BCUT2D eigenvalue weighted by molar-refractivity contribution is -0.383. The smallest absolute Gasteiger partial charge is 0.303 e. The molecule has 100 valence electrons. The molecule has 0 radical (unpaired) electrons. The molecule has 1 aromatic carbocycles. The maximum atomic E-state index is 10.9. The Morgan fingerprint density at radius 1 is 1.58 bits per heavy atom. The van der Waals surface area contributed by atoms with Crippen LogP contribution in [0.2, 0.25) is 0 Å². The number of nitrogens with one attached hydrogen (secondary N) is 1. The highest BCUT2D eigenvalue weighted by Gasteiger charge is 2.13. The van der Waals surface area contributed by atoms with Crippen LogP contribution in [-0.2, 0) is 4.79 Å². The molecule has 0 aliphatic rings. The van der Waals surface area contributed by atoms with Crippen LogP contribution in [0.4, 0.5) is 17.1 Å². The average Bonchev–Trinajstić information content (AvgIpc) is 2.35. The van der Waals surface area contributed by atoms with Crippen molar-refractivity contribution >= 4 is 23.0 Å². The first-order valence-corrected chi connectivity index (χ1v) is 5.34. The largest absolute Gasteiger partial charge is 0.481 e. The molecule has 0 unspecified atom stereocenters. The highest BCUT2D eigenvalue weighted by molar-refractivity contribution is 5.67. The third kappa shape index (κ3) is 4.52. The molecule has 9 heteroatoms. The molecule has 0 heterocycles. The highest BCUT2D eigenvalue weighted by Crippen LogP contribution is 2.29. The predicted molar refractivity (Wildman–Crippen MR) is 67.3 cm³/mol. The van der Waals surface area contributed by atoms with Crippen LogP contribution in [0, 0.1) is 10.1 Å². The van der Waals surface area contributed by atoms with Gasteiger partial charge in [0.05, 0.1) is 4.92 Å². The number of nitrogens with zero attached hydrogens (tertiary/aromatic N) is 4. The van der Waals surface area contributed by atoms with E-state index >= 15 is 0 Å². The first-order valence-electron chi connectivity index (χ1n) is 5.34. The Balaban J connectivity index is 2.79. The Kier molecular flexibility index (Phi) is 5.12. The fourth-order valence-electron chi connectivity index (χ4n) is 1.40. The van der Waals surface area contributed by atoms with E-state index in [-0.39, 0.29) is 23.5 Å². The zero-order chi connectivity index (χ0) is 14.3. The van der Waals surface area contributed by atoms with Gasteiger partial charge in [-0.3, -0.25) is 14.9 Å². The van der Waals surface area contributed by atoms with Crippen LogP contribution in [0.1, 0.15) is 12.8 Å². The third-order valence-electron chi connectivity index (χ3n) is 2.22. The third-order valence-corrected chi connectivity index (χ3v) is 2.22. The molecular formula is C10H11N5O4. The lowest BCUT2D eigenvalue weighted by Crippen LogP contribution is -2.06. The van der Waals surface area contributed by atoms with Crippen LogP contribution in [0.3, 0.4) is 0 Å². The number of anilines is 1. The van der Waals surface area contributed by atoms with E-state index < -0.39 is 10.9 Å². The van der Waals surface area contributed by atoms with Crippen LogP contribution in [0.5, 0.6) is 0 Å². The van der Waals surface area contributed by atoms with Crippen molar-refractivity contribution in [1.82, 2.24) is 0 Å². The van der Waals surface area contributed by atoms with Crippen molar-refractivity contribution < 1.29 is 14.8 Å². The predicted octanol–water partition coefficient (Wildman–Crippen LogP) is 2.81. The maximum Gasteiger partial charge on any atom is 0.303 e. The Labute approximate surface area is 107 Å². The number of rotatable bonds is 7. The summed E-state index contributed by atoms with van der Waals surface area (Å²) in [4.78, 5) is 23.1. The van der Waals surface area contributed by atoms with E-state index in [0.29, 0.717) is 13.0 Å². The standard InChI is InChI=1S/C10H11N5O4/c11-14-13-7-3-4-8(9(6-7)15(18)19)12-5-1-2-10(16)17/h3-4,6,12H,1-2,5H2,(H,16,17). The molecule has 0 saturated carbocycles. The second-order valence-corrected chi connectivity index (χ2v) is 3.57. The zero-order valence-electron chi connectivity index (χ0n) is 9.81. The molecule has 0 saturated heterocycles. The summed E-state index contributed by atoms with van der Waals surface area (Å²) in [5.74, 6) is -0.921. The van der Waals surface area contributed by atoms with Crippen molar-refractivity contribution in [3.8, 4) is 0 Å². The van der Waals surface area contributed by atoms with E-state index in [9.17, 15) is 14.9 Å². The number of hydrogen-bond donors (Lipinski definition) is 2. The lowest BCUT2D eigenvalue weighted by atomic mass is 10.2. The van der Waals surface area contributed by atoms with Gasteiger partial charge in [-0.05, 0) is 18.0 Å². The summed E-state index contributed by atoms with van der Waals surface area (Å²) in [6, 6.07) is 4.01. The van der Waals surface area contributed by atoms with Crippen LogP contribution in [-0.4, -0.2) is 22.5 Å². The number of hydrogen-bond acceptors (Lipinski definition) is 5. The second kappa shape index (κ2) is 6.82. The topological polar surface area (TPSA) is 141 Å². The van der Waals surface area contributed by atoms with Gasteiger partial charge in [0.15, 0.2) is 0 Å². The number of aliphatic carboxylic acids is 1. The molecule has 1 aromatic rings. The summed E-state index contributed by atoms with van der Waals surface area (Å²) in [5.41, 5.74) is 8.44. The van der Waals surface area contributed by atoms with Crippen molar-refractivity contribution in [3.05, 3.63) is 38.8 Å². The van der Waals surface area contributed by atoms with Gasteiger partial charge in [-0.15, -0.1) is 0 Å². The SMILES string of the molecule is [N-]=[N+]=Nc1ccc(NCCCC(=O)O)c([N+](=O)[O-])c1. The van der Waals surface area contributed by atoms with E-state index in [1.807, 2.05) is 0 Å². The first kappa shape index (κ1) is 14.3. The lowest BCUT2D eigenvalue weighted by Gasteiger charge is -2.06. The van der Waals surface area contributed by atoms with E-state index in [4.69, 9.17) is 10.6 Å². The Morgan fingerprint density at radius 3 is 2.89 bits per heavy atom. The van der Waals surface area contributed by atoms with Crippen LogP contribution in [0.15, 0.2) is 23.3 Å². The van der Waals surface area contributed by atoms with Crippen molar-refractivity contribution in [3.63, 3.8) is 0 Å². The van der Waals surface area contributed by atoms with E-state index in [0.717, 1.165) is 6.07 Å². The number of nitro groups is 1. The van der Waals surface area contributed by atoms with Gasteiger partial charge in [0.1, 0.15) is 5.69 Å². The van der Waals surface area contributed by atoms with Gasteiger partial charge in [0, 0.05) is 29.6 Å². The molecule has 0 fully saturated rings. The van der Waals surface area contributed by atoms with Gasteiger partial charge < -0.3 is 10.4 Å². The van der Waals surface area contributed by atoms with E-state index in [1.165, 1.54) is 12.1 Å². The average molecular weight is 265 g/mol. The molecule has 0 spiro atoms. The summed E-state index contributed by atoms with van der Waals surface area (Å²) in [6.45, 7) is 0.300. The summed E-state index contributed by atoms with van der Waals surface area (Å²) in [7, 11) is 0. The number of carboxylic acids is 1. The molecule has 0 aromatic heterocycles. The molecule has 0 atom stereocenters. The minimum Gasteiger partial charge on any atom is -0.481 e. The minimum absolute atomic E-state index is 0.0163. The summed E-state index contributed by atoms with van der Waals surface area (Å²) >= 11 is 0. The second-order valence-electron chi connectivity index (χ2n) is 3.57. The molecule has 2 N–H and O–H groups in total. The zero-order valence-corrected chi connectivity index (χ0v) is 9.81. The van der Waals surface area contributed by atoms with Crippen molar-refractivity contribution in [2.75, 3.05) is 11.9 Å². The van der Waals surface area contributed by atoms with Crippen LogP contribution >= 0.6 is 0 Å². The number of nitro benzene ring substituents is 1. The summed E-state index contributed by atoms with van der Waals surface area (Å²) < 4.78 is 0. The normalized spacial score (nSPS) is 9.47. The minimum atomic E-state index is -0.921. The maximum absolute atomic E-state index is 10.9. The van der Waals surface area contributed by atoms with Crippen molar-refractivity contribution in [2.24, 2.45) is 5.11 Å². The Bertz CT molecular complexity index is 539. The molecule has 0 bridgehead atoms. The van der Waals surface area contributed by atoms with Gasteiger partial charge >= 0.3 is 5.97 Å². The number of benzene rings is 1. The molecule has 9 nitrogen and oxygen atoms in total. The molecule has 0 amide bonds. The van der Waals surface area contributed by atoms with Crippen LogP contribution < -0.4 is 5.32 Å². The monoisotopic (exact) mass is 265 g/mol. The van der Waals surface area contributed by atoms with Gasteiger partial charge in [-0.1, -0.05) is 11.2 Å². The van der Waals surface area contributed by atoms with Gasteiger partial charge in [0.2, 0.25) is 0 Å². The summed E-state index contributed by atoms with van der Waals surface area (Å²) in [5, 5.41) is 25.4. The van der Waals surface area contributed by atoms with Crippen molar-refractivity contribution in [2.45, 2.75) is 12.8 Å². The molecular weight excluding hydrogens is 254 g/mol. The fraction of sp³-hybridized carbons (Fsp3) is 0.300. The van der Waals surface area contributed by atoms with Crippen LogP contribution in [0.25, 0.3) is 10.4 Å². The van der Waals surface area contributed by atoms with Crippen molar-refractivity contribution in [1.29, 1.82) is 0 Å². The van der Waals surface area contributed by atoms with E-state index in [2.05, 4.69) is 15.3 Å². The molecule has 1 rings (SSSR count). The highest BCUT2D eigenvalue weighted by atomic mass is 16.6. The van der Waals surface area contributed by atoms with Gasteiger partial charge in [0.25, 0.3) is 5.69 Å². The van der Waals surface area contributed by atoms with Gasteiger partial charge in [-0.25, -0.2) is 0 Å². The first-order chi connectivity index (χ1) is 9.04. The van der Waals surface area contributed by atoms with E-state index in [1.54, 1.807) is 0 Å². The Morgan fingerprint density at radius 2 is 2.32 bits per heavy atom. The number of carbonyl (C=O) groups is 1. The molecule has 19 heavy (non-hydrogen) atoms.